The van der Waals surface area contributed by atoms with E-state index < -0.39 is 10.0 Å². The maximum atomic E-state index is 12.7. The largest absolute Gasteiger partial charge is 0.349 e. The highest BCUT2D eigenvalue weighted by Crippen LogP contribution is 2.27. The summed E-state index contributed by atoms with van der Waals surface area (Å²) in [6, 6.07) is 6.69. The van der Waals surface area contributed by atoms with Gasteiger partial charge in [-0.25, -0.2) is 12.7 Å². The topological polar surface area (TPSA) is 66.5 Å². The lowest BCUT2D eigenvalue weighted by Crippen LogP contribution is -2.43. The van der Waals surface area contributed by atoms with Crippen LogP contribution in [-0.2, 0) is 27.7 Å². The number of rotatable bonds is 5. The van der Waals surface area contributed by atoms with Crippen LogP contribution in [-0.4, -0.2) is 38.0 Å². The first-order valence-corrected chi connectivity index (χ1v) is 11.6. The van der Waals surface area contributed by atoms with Crippen LogP contribution < -0.4 is 5.32 Å². The Hall–Kier alpha value is -1.40. The minimum Gasteiger partial charge on any atom is -0.349 e. The Bertz CT molecular complexity index is 752. The molecule has 144 valence electrons. The summed E-state index contributed by atoms with van der Waals surface area (Å²) in [4.78, 5) is 12.7. The molecule has 0 radical (unpaired) electrons. The summed E-state index contributed by atoms with van der Waals surface area (Å²) in [7, 11) is -3.15. The number of aryl methyl sites for hydroxylation is 2. The lowest BCUT2D eigenvalue weighted by molar-refractivity contribution is -0.126. The van der Waals surface area contributed by atoms with E-state index in [1.807, 2.05) is 0 Å². The first kappa shape index (κ1) is 19.4. The zero-order valence-corrected chi connectivity index (χ0v) is 16.6. The van der Waals surface area contributed by atoms with Gasteiger partial charge in [-0.1, -0.05) is 25.1 Å². The standard InChI is InChI=1S/C20H30N2O3S/c1-3-19(18-9-8-15-6-4-5-7-17(15)14-18)21-20(23)16-10-12-22(13-11-16)26(2,24)25/h8-9,14,16,19H,3-7,10-13H2,1-2H3,(H,21,23)/t19-/m0/s1. The summed E-state index contributed by atoms with van der Waals surface area (Å²) in [5.41, 5.74) is 4.08. The summed E-state index contributed by atoms with van der Waals surface area (Å²) in [5.74, 6) is -0.0394. The second-order valence-corrected chi connectivity index (χ2v) is 9.62. The smallest absolute Gasteiger partial charge is 0.223 e. The predicted molar refractivity (Wildman–Crippen MR) is 103 cm³/mol. The third-order valence-electron chi connectivity index (χ3n) is 5.79. The van der Waals surface area contributed by atoms with Gasteiger partial charge in [0.25, 0.3) is 0 Å². The van der Waals surface area contributed by atoms with Gasteiger partial charge in [0.2, 0.25) is 15.9 Å². The quantitative estimate of drug-likeness (QED) is 0.857. The van der Waals surface area contributed by atoms with Gasteiger partial charge in [0.1, 0.15) is 0 Å². The Morgan fingerprint density at radius 2 is 1.85 bits per heavy atom. The van der Waals surface area contributed by atoms with Crippen molar-refractivity contribution in [3.05, 3.63) is 34.9 Å². The molecule has 1 aromatic rings. The molecular formula is C20H30N2O3S. The molecule has 1 atom stereocenters. The number of nitrogens with one attached hydrogen (secondary N) is 1. The van der Waals surface area contributed by atoms with E-state index in [0.717, 1.165) is 19.3 Å². The summed E-state index contributed by atoms with van der Waals surface area (Å²) >= 11 is 0. The number of hydrogen-bond donors (Lipinski definition) is 1. The zero-order chi connectivity index (χ0) is 18.7. The van der Waals surface area contributed by atoms with Crippen molar-refractivity contribution in [1.29, 1.82) is 0 Å². The number of piperidine rings is 1. The van der Waals surface area contributed by atoms with Crippen LogP contribution in [0.3, 0.4) is 0 Å². The van der Waals surface area contributed by atoms with Crippen molar-refractivity contribution in [3.8, 4) is 0 Å². The van der Waals surface area contributed by atoms with Crippen molar-refractivity contribution < 1.29 is 13.2 Å². The Morgan fingerprint density at radius 1 is 1.19 bits per heavy atom. The van der Waals surface area contributed by atoms with Gasteiger partial charge >= 0.3 is 0 Å². The Balaban J connectivity index is 1.62. The van der Waals surface area contributed by atoms with Gasteiger partial charge in [0, 0.05) is 19.0 Å². The number of nitrogens with zero attached hydrogens (tertiary/aromatic N) is 1. The third kappa shape index (κ3) is 4.46. The Morgan fingerprint density at radius 3 is 2.46 bits per heavy atom. The molecule has 3 rings (SSSR count). The van der Waals surface area contributed by atoms with Gasteiger partial charge in [-0.3, -0.25) is 4.79 Å². The van der Waals surface area contributed by atoms with Gasteiger partial charge in [-0.05, 0) is 61.6 Å². The molecule has 0 bridgehead atoms. The molecule has 0 unspecified atom stereocenters. The van der Waals surface area contributed by atoms with Gasteiger partial charge in [0.15, 0.2) is 0 Å². The van der Waals surface area contributed by atoms with Crippen molar-refractivity contribution in [2.45, 2.75) is 57.9 Å². The summed E-state index contributed by atoms with van der Waals surface area (Å²) in [6.45, 7) is 2.97. The molecular weight excluding hydrogens is 348 g/mol. The SMILES string of the molecule is CC[C@H](NC(=O)C1CCN(S(C)(=O)=O)CC1)c1ccc2c(c1)CCCC2. The van der Waals surface area contributed by atoms with Crippen LogP contribution in [0.5, 0.6) is 0 Å². The molecule has 5 nitrogen and oxygen atoms in total. The highest BCUT2D eigenvalue weighted by atomic mass is 32.2. The molecule has 2 aliphatic rings. The van der Waals surface area contributed by atoms with Gasteiger partial charge in [-0.2, -0.15) is 0 Å². The number of fused-ring (bicyclic) bond motifs is 1. The Kier molecular flexibility index (Phi) is 6.03. The average molecular weight is 379 g/mol. The maximum absolute atomic E-state index is 12.7. The highest BCUT2D eigenvalue weighted by molar-refractivity contribution is 7.88. The van der Waals surface area contributed by atoms with Crippen LogP contribution >= 0.6 is 0 Å². The molecule has 0 aromatic heterocycles. The first-order chi connectivity index (χ1) is 12.4. The molecule has 0 spiro atoms. The minimum atomic E-state index is -3.15. The number of amides is 1. The normalized spacial score (nSPS) is 20.4. The summed E-state index contributed by atoms with van der Waals surface area (Å²) in [5, 5.41) is 3.21. The van der Waals surface area contributed by atoms with Gasteiger partial charge in [-0.15, -0.1) is 0 Å². The summed E-state index contributed by atoms with van der Waals surface area (Å²) < 4.78 is 24.7. The van der Waals surface area contributed by atoms with E-state index in [0.29, 0.717) is 25.9 Å². The van der Waals surface area contributed by atoms with Gasteiger partial charge in [0.05, 0.1) is 12.3 Å². The molecule has 1 aliphatic heterocycles. The number of carbonyl (C=O) groups excluding carboxylic acids is 1. The molecule has 1 fully saturated rings. The van der Waals surface area contributed by atoms with Gasteiger partial charge < -0.3 is 5.32 Å². The van der Waals surface area contributed by atoms with E-state index in [1.165, 1.54) is 40.1 Å². The molecule has 1 N–H and O–H groups in total. The fourth-order valence-corrected chi connectivity index (χ4v) is 5.00. The number of benzene rings is 1. The van der Waals surface area contributed by atoms with Crippen molar-refractivity contribution in [1.82, 2.24) is 9.62 Å². The highest BCUT2D eigenvalue weighted by Gasteiger charge is 2.30. The lowest BCUT2D eigenvalue weighted by atomic mass is 9.88. The molecule has 1 heterocycles. The third-order valence-corrected chi connectivity index (χ3v) is 7.10. The van der Waals surface area contributed by atoms with Crippen LogP contribution in [0.25, 0.3) is 0 Å². The van der Waals surface area contributed by atoms with E-state index in [9.17, 15) is 13.2 Å². The second-order valence-electron chi connectivity index (χ2n) is 7.64. The van der Waals surface area contributed by atoms with Crippen molar-refractivity contribution >= 4 is 15.9 Å². The van der Waals surface area contributed by atoms with Crippen LogP contribution in [0.1, 0.15) is 61.8 Å². The first-order valence-electron chi connectivity index (χ1n) is 9.75. The fourth-order valence-electron chi connectivity index (χ4n) is 4.13. The average Bonchev–Trinajstić information content (AvgIpc) is 2.65. The van der Waals surface area contributed by atoms with Crippen molar-refractivity contribution in [3.63, 3.8) is 0 Å². The predicted octanol–water partition coefficient (Wildman–Crippen LogP) is 2.80. The minimum absolute atomic E-state index is 0.0302. The number of hydrogen-bond acceptors (Lipinski definition) is 3. The summed E-state index contributed by atoms with van der Waals surface area (Å²) in [6.07, 6.45) is 8.10. The van der Waals surface area contributed by atoms with E-state index >= 15 is 0 Å². The molecule has 1 saturated heterocycles. The monoisotopic (exact) mass is 378 g/mol. The van der Waals surface area contributed by atoms with Crippen LogP contribution in [0.2, 0.25) is 0 Å². The molecule has 1 aromatic carbocycles. The zero-order valence-electron chi connectivity index (χ0n) is 15.8. The number of sulfonamides is 1. The van der Waals surface area contributed by atoms with E-state index in [1.54, 1.807) is 0 Å². The lowest BCUT2D eigenvalue weighted by Gasteiger charge is -2.30. The Labute approximate surface area is 157 Å². The van der Waals surface area contributed by atoms with Crippen LogP contribution in [0.15, 0.2) is 18.2 Å². The maximum Gasteiger partial charge on any atom is 0.223 e. The molecule has 26 heavy (non-hydrogen) atoms. The van der Waals surface area contributed by atoms with Crippen molar-refractivity contribution in [2.75, 3.05) is 19.3 Å². The van der Waals surface area contributed by atoms with Crippen molar-refractivity contribution in [2.24, 2.45) is 5.92 Å². The van der Waals surface area contributed by atoms with Crippen LogP contribution in [0.4, 0.5) is 0 Å². The molecule has 0 saturated carbocycles. The second kappa shape index (κ2) is 8.09. The van der Waals surface area contributed by atoms with E-state index in [2.05, 4.69) is 30.4 Å². The van der Waals surface area contributed by atoms with E-state index in [4.69, 9.17) is 0 Å². The van der Waals surface area contributed by atoms with E-state index in [-0.39, 0.29) is 17.9 Å². The molecule has 6 heteroatoms. The van der Waals surface area contributed by atoms with Crippen LogP contribution in [0, 0.1) is 5.92 Å². The fraction of sp³-hybridized carbons (Fsp3) is 0.650. The molecule has 1 amide bonds. The molecule has 1 aliphatic carbocycles. The number of carbonyl (C=O) groups is 1.